The molecular weight excluding hydrogens is 339 g/mol. The molecule has 0 aliphatic rings. The van der Waals surface area contributed by atoms with Crippen LogP contribution in [0.4, 0.5) is 15.8 Å². The van der Waals surface area contributed by atoms with Crippen molar-refractivity contribution in [2.45, 2.75) is 5.92 Å². The highest BCUT2D eigenvalue weighted by molar-refractivity contribution is 5.55. The number of phenolic OH excluding ortho intramolecular Hbond substituents is 1. The van der Waals surface area contributed by atoms with E-state index >= 15 is 0 Å². The molecule has 0 saturated heterocycles. The highest BCUT2D eigenvalue weighted by atomic mass is 19.1. The fraction of sp³-hybridized carbons (Fsp3) is 0.217. The molecule has 0 aliphatic carbocycles. The lowest BCUT2D eigenvalue weighted by Gasteiger charge is -2.22. The maximum Gasteiger partial charge on any atom is 0.126 e. The predicted molar refractivity (Wildman–Crippen MR) is 111 cm³/mol. The standard InChI is InChI=1S/C23H25FN2O/c1-25(2)19-10-5-16(6-11-19)23(21-14-9-18(24)15-22(21)27)17-7-12-20(13-8-17)26(3)4/h5-15,23,27H,1-4H3. The van der Waals surface area contributed by atoms with Crippen molar-refractivity contribution in [1.29, 1.82) is 0 Å². The van der Waals surface area contributed by atoms with Crippen LogP contribution in [0, 0.1) is 5.82 Å². The van der Waals surface area contributed by atoms with Crippen molar-refractivity contribution < 1.29 is 9.50 Å². The van der Waals surface area contributed by atoms with Crippen LogP contribution in [0.3, 0.4) is 0 Å². The van der Waals surface area contributed by atoms with Crippen molar-refractivity contribution in [3.05, 3.63) is 89.2 Å². The van der Waals surface area contributed by atoms with Crippen molar-refractivity contribution >= 4 is 11.4 Å². The molecule has 3 nitrogen and oxygen atoms in total. The van der Waals surface area contributed by atoms with E-state index in [9.17, 15) is 9.50 Å². The van der Waals surface area contributed by atoms with Gasteiger partial charge in [0.2, 0.25) is 0 Å². The molecule has 0 radical (unpaired) electrons. The van der Waals surface area contributed by atoms with Crippen molar-refractivity contribution in [2.24, 2.45) is 0 Å². The van der Waals surface area contributed by atoms with Gasteiger partial charge in [-0.2, -0.15) is 0 Å². The zero-order valence-corrected chi connectivity index (χ0v) is 16.1. The molecule has 0 fully saturated rings. The van der Waals surface area contributed by atoms with Gasteiger partial charge in [0, 0.05) is 57.1 Å². The minimum absolute atomic E-state index is 0.0339. The van der Waals surface area contributed by atoms with Crippen LogP contribution in [0.2, 0.25) is 0 Å². The molecule has 1 N–H and O–H groups in total. The van der Waals surface area contributed by atoms with Gasteiger partial charge in [-0.1, -0.05) is 30.3 Å². The second kappa shape index (κ2) is 7.70. The Hall–Kier alpha value is -3.01. The van der Waals surface area contributed by atoms with Crippen LogP contribution < -0.4 is 9.80 Å². The Morgan fingerprint density at radius 3 is 1.52 bits per heavy atom. The Bertz CT molecular complexity index is 851. The van der Waals surface area contributed by atoms with Gasteiger partial charge in [-0.05, 0) is 41.5 Å². The van der Waals surface area contributed by atoms with Gasteiger partial charge in [0.05, 0.1) is 0 Å². The smallest absolute Gasteiger partial charge is 0.126 e. The molecule has 0 amide bonds. The van der Waals surface area contributed by atoms with Gasteiger partial charge in [-0.25, -0.2) is 4.39 Å². The van der Waals surface area contributed by atoms with Crippen molar-refractivity contribution in [3.63, 3.8) is 0 Å². The summed E-state index contributed by atoms with van der Waals surface area (Å²) < 4.78 is 13.5. The molecule has 0 atom stereocenters. The quantitative estimate of drug-likeness (QED) is 0.656. The highest BCUT2D eigenvalue weighted by Gasteiger charge is 2.20. The number of hydrogen-bond acceptors (Lipinski definition) is 3. The Morgan fingerprint density at radius 1 is 0.704 bits per heavy atom. The topological polar surface area (TPSA) is 26.7 Å². The van der Waals surface area contributed by atoms with E-state index in [0.717, 1.165) is 22.5 Å². The SMILES string of the molecule is CN(C)c1ccc(C(c2ccc(N(C)C)cc2)c2ccc(F)cc2O)cc1. The zero-order chi connectivity index (χ0) is 19.6. The first-order chi connectivity index (χ1) is 12.9. The Morgan fingerprint density at radius 2 is 1.15 bits per heavy atom. The molecule has 4 heteroatoms. The summed E-state index contributed by atoms with van der Waals surface area (Å²) in [5, 5.41) is 10.4. The number of anilines is 2. The number of rotatable bonds is 5. The summed E-state index contributed by atoms with van der Waals surface area (Å²) >= 11 is 0. The lowest BCUT2D eigenvalue weighted by molar-refractivity contribution is 0.461. The van der Waals surface area contributed by atoms with Crippen molar-refractivity contribution in [2.75, 3.05) is 38.0 Å². The van der Waals surface area contributed by atoms with Gasteiger partial charge >= 0.3 is 0 Å². The number of halogens is 1. The molecule has 0 aliphatic heterocycles. The van der Waals surface area contributed by atoms with Crippen LogP contribution in [0.5, 0.6) is 5.75 Å². The highest BCUT2D eigenvalue weighted by Crippen LogP contribution is 2.38. The lowest BCUT2D eigenvalue weighted by atomic mass is 9.84. The van der Waals surface area contributed by atoms with Crippen LogP contribution in [0.15, 0.2) is 66.7 Å². The molecule has 0 aromatic heterocycles. The minimum Gasteiger partial charge on any atom is -0.508 e. The van der Waals surface area contributed by atoms with Crippen LogP contribution >= 0.6 is 0 Å². The van der Waals surface area contributed by atoms with E-state index in [1.54, 1.807) is 6.07 Å². The molecule has 3 aromatic rings. The molecule has 140 valence electrons. The summed E-state index contributed by atoms with van der Waals surface area (Å²) in [7, 11) is 7.99. The first kappa shape index (κ1) is 18.8. The molecular formula is C23H25FN2O. The van der Waals surface area contributed by atoms with Gasteiger partial charge < -0.3 is 14.9 Å². The Kier molecular flexibility index (Phi) is 5.36. The van der Waals surface area contributed by atoms with E-state index in [1.807, 2.05) is 38.0 Å². The van der Waals surface area contributed by atoms with Crippen LogP contribution in [0.25, 0.3) is 0 Å². The third-order valence-corrected chi connectivity index (χ3v) is 4.79. The molecule has 0 heterocycles. The largest absolute Gasteiger partial charge is 0.508 e. The lowest BCUT2D eigenvalue weighted by Crippen LogP contribution is -2.10. The van der Waals surface area contributed by atoms with E-state index in [-0.39, 0.29) is 11.7 Å². The number of hydrogen-bond donors (Lipinski definition) is 1. The number of nitrogens with zero attached hydrogens (tertiary/aromatic N) is 2. The van der Waals surface area contributed by atoms with E-state index in [0.29, 0.717) is 5.56 Å². The number of aromatic hydroxyl groups is 1. The average molecular weight is 364 g/mol. The fourth-order valence-electron chi connectivity index (χ4n) is 3.24. The number of benzene rings is 3. The summed E-state index contributed by atoms with van der Waals surface area (Å²) in [6, 6.07) is 20.7. The normalized spacial score (nSPS) is 10.9. The molecule has 0 unspecified atom stereocenters. The maximum atomic E-state index is 13.5. The summed E-state index contributed by atoms with van der Waals surface area (Å²) in [6.45, 7) is 0. The zero-order valence-electron chi connectivity index (χ0n) is 16.1. The van der Waals surface area contributed by atoms with Gasteiger partial charge in [-0.3, -0.25) is 0 Å². The summed E-state index contributed by atoms with van der Waals surface area (Å²) in [5.74, 6) is -0.660. The summed E-state index contributed by atoms with van der Waals surface area (Å²) in [4.78, 5) is 4.08. The third-order valence-electron chi connectivity index (χ3n) is 4.79. The number of phenols is 1. The molecule has 0 bridgehead atoms. The first-order valence-electron chi connectivity index (χ1n) is 8.90. The van der Waals surface area contributed by atoms with E-state index in [2.05, 4.69) is 48.5 Å². The summed E-state index contributed by atoms with van der Waals surface area (Å²) in [5.41, 5.74) is 4.97. The molecule has 0 saturated carbocycles. The van der Waals surface area contributed by atoms with Gasteiger partial charge in [0.1, 0.15) is 11.6 Å². The minimum atomic E-state index is -0.444. The maximum absolute atomic E-state index is 13.5. The van der Waals surface area contributed by atoms with Gasteiger partial charge in [0.25, 0.3) is 0 Å². The predicted octanol–water partition coefficient (Wildman–Crippen LogP) is 4.84. The second-order valence-electron chi connectivity index (χ2n) is 7.11. The van der Waals surface area contributed by atoms with Crippen LogP contribution in [-0.4, -0.2) is 33.3 Å². The van der Waals surface area contributed by atoms with Gasteiger partial charge in [-0.15, -0.1) is 0 Å². The molecule has 3 rings (SSSR count). The Labute approximate surface area is 160 Å². The Balaban J connectivity index is 2.11. The summed E-state index contributed by atoms with van der Waals surface area (Å²) in [6.07, 6.45) is 0. The fourth-order valence-corrected chi connectivity index (χ4v) is 3.24. The van der Waals surface area contributed by atoms with E-state index < -0.39 is 5.82 Å². The van der Waals surface area contributed by atoms with Crippen molar-refractivity contribution in [1.82, 2.24) is 0 Å². The van der Waals surface area contributed by atoms with Crippen LogP contribution in [-0.2, 0) is 0 Å². The van der Waals surface area contributed by atoms with E-state index in [1.165, 1.54) is 12.1 Å². The third kappa shape index (κ3) is 4.05. The molecule has 0 spiro atoms. The monoisotopic (exact) mass is 364 g/mol. The average Bonchev–Trinajstić information content (AvgIpc) is 2.64. The van der Waals surface area contributed by atoms with Gasteiger partial charge in [0.15, 0.2) is 0 Å². The second-order valence-corrected chi connectivity index (χ2v) is 7.11. The van der Waals surface area contributed by atoms with Crippen LogP contribution in [0.1, 0.15) is 22.6 Å². The first-order valence-corrected chi connectivity index (χ1v) is 8.90. The van der Waals surface area contributed by atoms with E-state index in [4.69, 9.17) is 0 Å². The molecule has 3 aromatic carbocycles. The van der Waals surface area contributed by atoms with Crippen molar-refractivity contribution in [3.8, 4) is 5.75 Å². The molecule has 27 heavy (non-hydrogen) atoms.